The molecule has 32 heavy (non-hydrogen) atoms. The van der Waals surface area contributed by atoms with Crippen LogP contribution in [0.5, 0.6) is 0 Å². The standard InChI is InChI=1S/C20H22N4O6S2/c1-31(26,27)20-22-18(17-4-2-3-9-24(17)20)19(25)21-14-15-5-7-16(8-6-15)32(28,29)23-10-12-30-13-11-23/h2-9H,10-14H2,1H3,(H,21,25). The first kappa shape index (κ1) is 22.4. The summed E-state index contributed by atoms with van der Waals surface area (Å²) in [5, 5.41) is 2.50. The van der Waals surface area contributed by atoms with Crippen LogP contribution in [0.1, 0.15) is 16.1 Å². The smallest absolute Gasteiger partial charge is 0.272 e. The Labute approximate surface area is 185 Å². The van der Waals surface area contributed by atoms with Crippen LogP contribution in [0.25, 0.3) is 5.52 Å². The van der Waals surface area contributed by atoms with Gasteiger partial charge in [0.2, 0.25) is 25.0 Å². The van der Waals surface area contributed by atoms with Crippen LogP contribution < -0.4 is 5.32 Å². The Morgan fingerprint density at radius 2 is 1.75 bits per heavy atom. The Morgan fingerprint density at radius 1 is 1.06 bits per heavy atom. The van der Waals surface area contributed by atoms with Crippen molar-refractivity contribution < 1.29 is 26.4 Å². The highest BCUT2D eigenvalue weighted by molar-refractivity contribution is 7.90. The molecule has 0 bridgehead atoms. The van der Waals surface area contributed by atoms with Crippen molar-refractivity contribution >= 4 is 31.3 Å². The summed E-state index contributed by atoms with van der Waals surface area (Å²) in [6.45, 7) is 1.49. The van der Waals surface area contributed by atoms with E-state index < -0.39 is 25.8 Å². The van der Waals surface area contributed by atoms with E-state index in [0.29, 0.717) is 37.4 Å². The first-order valence-corrected chi connectivity index (χ1v) is 13.1. The van der Waals surface area contributed by atoms with Gasteiger partial charge in [-0.2, -0.15) is 4.31 Å². The lowest BCUT2D eigenvalue weighted by Crippen LogP contribution is -2.40. The van der Waals surface area contributed by atoms with E-state index in [0.717, 1.165) is 6.26 Å². The van der Waals surface area contributed by atoms with Crippen molar-refractivity contribution in [1.29, 1.82) is 0 Å². The third-order valence-corrected chi connectivity index (χ3v) is 7.91. The van der Waals surface area contributed by atoms with Crippen LogP contribution in [0.4, 0.5) is 0 Å². The van der Waals surface area contributed by atoms with Crippen LogP contribution in [0.2, 0.25) is 0 Å². The van der Waals surface area contributed by atoms with Crippen molar-refractivity contribution in [3.8, 4) is 0 Å². The molecule has 3 heterocycles. The minimum atomic E-state index is -3.63. The number of hydrogen-bond donors (Lipinski definition) is 1. The van der Waals surface area contributed by atoms with Gasteiger partial charge in [0.15, 0.2) is 5.69 Å². The number of rotatable bonds is 6. The molecule has 0 aliphatic carbocycles. The van der Waals surface area contributed by atoms with Gasteiger partial charge in [-0.15, -0.1) is 0 Å². The Kier molecular flexibility index (Phi) is 6.03. The fourth-order valence-electron chi connectivity index (χ4n) is 3.42. The van der Waals surface area contributed by atoms with E-state index in [9.17, 15) is 21.6 Å². The summed E-state index contributed by atoms with van der Waals surface area (Å²) >= 11 is 0. The molecule has 4 rings (SSSR count). The number of nitrogens with one attached hydrogen (secondary N) is 1. The number of morpholine rings is 1. The number of fused-ring (bicyclic) bond motifs is 1. The Morgan fingerprint density at radius 3 is 2.41 bits per heavy atom. The van der Waals surface area contributed by atoms with Crippen LogP contribution in [0.3, 0.4) is 0 Å². The van der Waals surface area contributed by atoms with Crippen molar-refractivity contribution in [2.75, 3.05) is 32.6 Å². The quantitative estimate of drug-likeness (QED) is 0.552. The molecule has 1 fully saturated rings. The van der Waals surface area contributed by atoms with Crippen LogP contribution in [-0.4, -0.2) is 69.0 Å². The van der Waals surface area contributed by atoms with Gasteiger partial charge >= 0.3 is 0 Å². The maximum absolute atomic E-state index is 12.7. The molecule has 0 radical (unpaired) electrons. The van der Waals surface area contributed by atoms with Gasteiger partial charge in [0, 0.05) is 32.1 Å². The number of carbonyl (C=O) groups is 1. The second-order valence-corrected chi connectivity index (χ2v) is 11.2. The van der Waals surface area contributed by atoms with Gasteiger partial charge in [0.05, 0.1) is 23.6 Å². The predicted octanol–water partition coefficient (Wildman–Crippen LogP) is 0.689. The number of benzene rings is 1. The summed E-state index contributed by atoms with van der Waals surface area (Å²) in [6.07, 6.45) is 2.56. The first-order chi connectivity index (χ1) is 15.2. The molecule has 1 aliphatic heterocycles. The largest absolute Gasteiger partial charge is 0.379 e. The summed E-state index contributed by atoms with van der Waals surface area (Å²) in [5.74, 6) is -0.534. The van der Waals surface area contributed by atoms with Gasteiger partial charge in [-0.25, -0.2) is 21.8 Å². The number of hydrogen-bond acceptors (Lipinski definition) is 7. The molecule has 1 aromatic carbocycles. The lowest BCUT2D eigenvalue weighted by Gasteiger charge is -2.26. The Bertz CT molecular complexity index is 1360. The maximum atomic E-state index is 12.7. The minimum absolute atomic E-state index is 0.00228. The molecule has 0 spiro atoms. The van der Waals surface area contributed by atoms with Crippen LogP contribution in [0.15, 0.2) is 58.7 Å². The van der Waals surface area contributed by atoms with Crippen molar-refractivity contribution in [2.24, 2.45) is 0 Å². The third kappa shape index (κ3) is 4.39. The number of imidazole rings is 1. The highest BCUT2D eigenvalue weighted by Gasteiger charge is 2.26. The highest BCUT2D eigenvalue weighted by Crippen LogP contribution is 2.19. The normalized spacial score (nSPS) is 15.7. The van der Waals surface area contributed by atoms with Gasteiger partial charge < -0.3 is 10.1 Å². The Hall–Kier alpha value is -2.80. The lowest BCUT2D eigenvalue weighted by molar-refractivity contribution is 0.0730. The SMILES string of the molecule is CS(=O)(=O)c1nc(C(=O)NCc2ccc(S(=O)(=O)N3CCOCC3)cc2)c2ccccn12. The monoisotopic (exact) mass is 478 g/mol. The number of sulfone groups is 1. The molecule has 0 saturated carbocycles. The van der Waals surface area contributed by atoms with Gasteiger partial charge in [0.25, 0.3) is 5.91 Å². The van der Waals surface area contributed by atoms with E-state index in [1.807, 2.05) is 0 Å². The molecular weight excluding hydrogens is 456 g/mol. The summed E-state index contributed by atoms with van der Waals surface area (Å²) < 4.78 is 57.4. The van der Waals surface area contributed by atoms with E-state index in [-0.39, 0.29) is 22.3 Å². The lowest BCUT2D eigenvalue weighted by atomic mass is 10.2. The molecule has 3 aromatic rings. The fourth-order valence-corrected chi connectivity index (χ4v) is 5.60. The van der Waals surface area contributed by atoms with E-state index in [1.54, 1.807) is 30.3 Å². The molecule has 170 valence electrons. The zero-order chi connectivity index (χ0) is 22.9. The molecule has 1 saturated heterocycles. The third-order valence-electron chi connectivity index (χ3n) is 5.05. The summed E-state index contributed by atoms with van der Waals surface area (Å²) in [5.41, 5.74) is 1.06. The van der Waals surface area contributed by atoms with E-state index in [1.165, 1.54) is 27.0 Å². The number of nitrogens with zero attached hydrogens (tertiary/aromatic N) is 3. The molecule has 10 nitrogen and oxygen atoms in total. The maximum Gasteiger partial charge on any atom is 0.272 e. The van der Waals surface area contributed by atoms with Gasteiger partial charge in [-0.1, -0.05) is 18.2 Å². The number of ether oxygens (including phenoxy) is 1. The average molecular weight is 479 g/mol. The molecular formula is C20H22N4O6S2. The molecule has 12 heteroatoms. The van der Waals surface area contributed by atoms with Crippen molar-refractivity contribution in [2.45, 2.75) is 16.6 Å². The average Bonchev–Trinajstić information content (AvgIpc) is 3.19. The topological polar surface area (TPSA) is 127 Å². The van der Waals surface area contributed by atoms with Crippen LogP contribution in [0, 0.1) is 0 Å². The zero-order valence-electron chi connectivity index (χ0n) is 17.3. The van der Waals surface area contributed by atoms with E-state index >= 15 is 0 Å². The molecule has 0 atom stereocenters. The number of pyridine rings is 1. The second kappa shape index (κ2) is 8.62. The molecule has 2 aromatic heterocycles. The first-order valence-electron chi connectivity index (χ1n) is 9.80. The summed E-state index contributed by atoms with van der Waals surface area (Å²) in [6, 6.07) is 11.2. The summed E-state index contributed by atoms with van der Waals surface area (Å²) in [4.78, 5) is 16.9. The molecule has 0 unspecified atom stereocenters. The number of aromatic nitrogens is 2. The van der Waals surface area contributed by atoms with Crippen molar-refractivity contribution in [1.82, 2.24) is 19.0 Å². The van der Waals surface area contributed by atoms with Crippen molar-refractivity contribution in [3.63, 3.8) is 0 Å². The second-order valence-electron chi connectivity index (χ2n) is 7.31. The molecule has 1 amide bonds. The van der Waals surface area contributed by atoms with Crippen molar-refractivity contribution in [3.05, 3.63) is 59.9 Å². The minimum Gasteiger partial charge on any atom is -0.379 e. The highest BCUT2D eigenvalue weighted by atomic mass is 32.2. The molecule has 1 aliphatic rings. The molecule has 1 N–H and O–H groups in total. The van der Waals surface area contributed by atoms with E-state index in [2.05, 4.69) is 10.3 Å². The number of amides is 1. The van der Waals surface area contributed by atoms with E-state index in [4.69, 9.17) is 4.74 Å². The Balaban J connectivity index is 1.49. The van der Waals surface area contributed by atoms with Gasteiger partial charge in [-0.05, 0) is 29.8 Å². The van der Waals surface area contributed by atoms with Crippen LogP contribution >= 0.6 is 0 Å². The van der Waals surface area contributed by atoms with Crippen LogP contribution in [-0.2, 0) is 31.1 Å². The van der Waals surface area contributed by atoms with Gasteiger partial charge in [0.1, 0.15) is 0 Å². The zero-order valence-corrected chi connectivity index (χ0v) is 18.9. The number of sulfonamides is 1. The van der Waals surface area contributed by atoms with Gasteiger partial charge in [-0.3, -0.25) is 9.20 Å². The predicted molar refractivity (Wildman–Crippen MR) is 115 cm³/mol. The fraction of sp³-hybridized carbons (Fsp3) is 0.300. The summed E-state index contributed by atoms with van der Waals surface area (Å²) in [7, 11) is -7.23. The number of carbonyl (C=O) groups excluding carboxylic acids is 1.